The molecular weight excluding hydrogens is 280 g/mol. The van der Waals surface area contributed by atoms with E-state index >= 15 is 0 Å². The fraction of sp³-hybridized carbons (Fsp3) is 1.00. The van der Waals surface area contributed by atoms with Crippen LogP contribution in [0.3, 0.4) is 0 Å². The maximum atomic E-state index is 2.69. The first-order valence-corrected chi connectivity index (χ1v) is 10.0. The summed E-state index contributed by atoms with van der Waals surface area (Å²) in [6.07, 6.45) is 7.18. The van der Waals surface area contributed by atoms with E-state index in [0.29, 0.717) is 16.5 Å². The molecule has 2 aliphatic heterocycles. The molecule has 134 valence electrons. The highest BCUT2D eigenvalue weighted by Crippen LogP contribution is 2.52. The Labute approximate surface area is 145 Å². The molecule has 3 fully saturated rings. The van der Waals surface area contributed by atoms with Gasteiger partial charge < -0.3 is 0 Å². The highest BCUT2D eigenvalue weighted by molar-refractivity contribution is 5.03. The monoisotopic (exact) mass is 320 g/mol. The molecule has 0 spiro atoms. The topological polar surface area (TPSA) is 6.25 Å². The lowest BCUT2D eigenvalue weighted by atomic mass is 9.58. The molecule has 2 heterocycles. The third kappa shape index (κ3) is 3.79. The van der Waals surface area contributed by atoms with E-state index in [9.17, 15) is 0 Å². The van der Waals surface area contributed by atoms with Gasteiger partial charge in [-0.2, -0.15) is 0 Å². The largest absolute Gasteiger partial charge is 0.298 e. The summed E-state index contributed by atoms with van der Waals surface area (Å²) in [4.78, 5) is 5.37. The zero-order valence-corrected chi connectivity index (χ0v) is 16.8. The molecule has 3 aliphatic rings. The van der Waals surface area contributed by atoms with Gasteiger partial charge in [0.2, 0.25) is 0 Å². The van der Waals surface area contributed by atoms with Gasteiger partial charge >= 0.3 is 0 Å². The highest BCUT2D eigenvalue weighted by atomic mass is 15.3. The Hall–Kier alpha value is -0.0800. The van der Waals surface area contributed by atoms with Crippen LogP contribution in [0.5, 0.6) is 0 Å². The molecule has 2 nitrogen and oxygen atoms in total. The van der Waals surface area contributed by atoms with Gasteiger partial charge in [0.15, 0.2) is 0 Å². The van der Waals surface area contributed by atoms with Crippen LogP contribution in [0.25, 0.3) is 0 Å². The van der Waals surface area contributed by atoms with E-state index in [0.717, 1.165) is 17.9 Å². The van der Waals surface area contributed by atoms with Gasteiger partial charge in [0, 0.05) is 23.7 Å². The van der Waals surface area contributed by atoms with Crippen molar-refractivity contribution in [2.45, 2.75) is 97.7 Å². The van der Waals surface area contributed by atoms with Crippen molar-refractivity contribution in [3.63, 3.8) is 0 Å². The second kappa shape index (κ2) is 5.73. The third-order valence-electron chi connectivity index (χ3n) is 7.18. The van der Waals surface area contributed by atoms with Crippen LogP contribution in [0.2, 0.25) is 0 Å². The maximum absolute atomic E-state index is 2.69. The molecule has 0 bridgehead atoms. The second-order valence-corrected chi connectivity index (χ2v) is 11.1. The molecule has 0 aromatic heterocycles. The van der Waals surface area contributed by atoms with E-state index in [2.05, 4.69) is 58.3 Å². The predicted molar refractivity (Wildman–Crippen MR) is 99.7 cm³/mol. The van der Waals surface area contributed by atoms with E-state index in [1.54, 1.807) is 0 Å². The summed E-state index contributed by atoms with van der Waals surface area (Å²) in [5, 5.41) is 0. The minimum absolute atomic E-state index is 0.365. The molecule has 2 unspecified atom stereocenters. The summed E-state index contributed by atoms with van der Waals surface area (Å²) < 4.78 is 0. The minimum atomic E-state index is 0.365. The highest BCUT2D eigenvalue weighted by Gasteiger charge is 2.49. The second-order valence-electron chi connectivity index (χ2n) is 11.1. The fourth-order valence-corrected chi connectivity index (χ4v) is 5.25. The molecule has 3 rings (SSSR count). The summed E-state index contributed by atoms with van der Waals surface area (Å²) in [7, 11) is 0. The lowest BCUT2D eigenvalue weighted by Crippen LogP contribution is -2.53. The molecule has 0 radical (unpaired) electrons. The van der Waals surface area contributed by atoms with Gasteiger partial charge in [0.05, 0.1) is 0 Å². The van der Waals surface area contributed by atoms with E-state index < -0.39 is 0 Å². The van der Waals surface area contributed by atoms with Gasteiger partial charge in [-0.05, 0) is 97.1 Å². The third-order valence-corrected chi connectivity index (χ3v) is 7.18. The molecule has 2 atom stereocenters. The molecule has 1 aliphatic carbocycles. The number of hydrogen-bond acceptors (Lipinski definition) is 2. The zero-order chi connectivity index (χ0) is 17.0. The van der Waals surface area contributed by atoms with Gasteiger partial charge in [0.1, 0.15) is 0 Å². The summed E-state index contributed by atoms with van der Waals surface area (Å²) in [6.45, 7) is 21.1. The van der Waals surface area contributed by atoms with E-state index in [4.69, 9.17) is 0 Å². The molecule has 0 aromatic rings. The van der Waals surface area contributed by atoms with E-state index in [-0.39, 0.29) is 0 Å². The van der Waals surface area contributed by atoms with Crippen molar-refractivity contribution < 1.29 is 0 Å². The molecule has 0 aromatic carbocycles. The molecule has 0 amide bonds. The van der Waals surface area contributed by atoms with Crippen LogP contribution in [0, 0.1) is 17.3 Å². The first kappa shape index (κ1) is 17.7. The van der Waals surface area contributed by atoms with Crippen LogP contribution in [0.1, 0.15) is 80.6 Å². The summed E-state index contributed by atoms with van der Waals surface area (Å²) >= 11 is 0. The van der Waals surface area contributed by atoms with Crippen LogP contribution in [0.4, 0.5) is 0 Å². The van der Waals surface area contributed by atoms with Crippen LogP contribution in [-0.2, 0) is 0 Å². The van der Waals surface area contributed by atoms with Gasteiger partial charge in [-0.15, -0.1) is 0 Å². The Bertz CT molecular complexity index is 422. The Kier molecular flexibility index (Phi) is 4.42. The first-order chi connectivity index (χ1) is 10.5. The van der Waals surface area contributed by atoms with Gasteiger partial charge in [-0.3, -0.25) is 9.80 Å². The van der Waals surface area contributed by atoms with Gasteiger partial charge in [0.25, 0.3) is 0 Å². The summed E-state index contributed by atoms with van der Waals surface area (Å²) in [5.74, 6) is 1.94. The molecule has 2 saturated heterocycles. The average molecular weight is 321 g/mol. The zero-order valence-electron chi connectivity index (χ0n) is 16.8. The summed E-state index contributed by atoms with van der Waals surface area (Å²) in [6, 6.07) is 0.849. The smallest absolute Gasteiger partial charge is 0.0234 e. The quantitative estimate of drug-likeness (QED) is 0.649. The molecule has 0 N–H and O–H groups in total. The Balaban J connectivity index is 1.43. The van der Waals surface area contributed by atoms with Crippen molar-refractivity contribution in [3.05, 3.63) is 0 Å². The van der Waals surface area contributed by atoms with Crippen molar-refractivity contribution in [1.82, 2.24) is 9.80 Å². The Morgan fingerprint density at radius 2 is 1.48 bits per heavy atom. The number of likely N-dealkylation sites (tertiary alicyclic amines) is 1. The fourth-order valence-electron chi connectivity index (χ4n) is 5.25. The van der Waals surface area contributed by atoms with Crippen LogP contribution in [-0.4, -0.2) is 46.6 Å². The van der Waals surface area contributed by atoms with Crippen LogP contribution >= 0.6 is 0 Å². The summed E-state index contributed by atoms with van der Waals surface area (Å²) in [5.41, 5.74) is 1.34. The Morgan fingerprint density at radius 1 is 0.870 bits per heavy atom. The maximum Gasteiger partial charge on any atom is 0.0234 e. The van der Waals surface area contributed by atoms with Crippen molar-refractivity contribution in [3.8, 4) is 0 Å². The lowest BCUT2D eigenvalue weighted by molar-refractivity contribution is -0.0114. The average Bonchev–Trinajstić information content (AvgIpc) is 2.97. The predicted octanol–water partition coefficient (Wildman–Crippen LogP) is 4.79. The van der Waals surface area contributed by atoms with Crippen LogP contribution in [0.15, 0.2) is 0 Å². The molecule has 23 heavy (non-hydrogen) atoms. The van der Waals surface area contributed by atoms with E-state index in [1.807, 2.05) is 0 Å². The molecular formula is C21H40N2. The minimum Gasteiger partial charge on any atom is -0.298 e. The lowest BCUT2D eigenvalue weighted by Gasteiger charge is -2.51. The van der Waals surface area contributed by atoms with Gasteiger partial charge in [-0.25, -0.2) is 0 Å². The van der Waals surface area contributed by atoms with E-state index in [1.165, 1.54) is 51.7 Å². The van der Waals surface area contributed by atoms with Crippen molar-refractivity contribution in [2.24, 2.45) is 17.3 Å². The van der Waals surface area contributed by atoms with Crippen molar-refractivity contribution in [1.29, 1.82) is 0 Å². The molecule has 2 heteroatoms. The number of rotatable bonds is 6. The van der Waals surface area contributed by atoms with Crippen molar-refractivity contribution >= 4 is 0 Å². The normalized spacial score (nSPS) is 35.6. The van der Waals surface area contributed by atoms with Gasteiger partial charge in [-0.1, -0.05) is 13.8 Å². The number of nitrogens with zero attached hydrogens (tertiary/aromatic N) is 2. The standard InChI is InChI=1S/C21H40N2/c1-19(2,3)23-15-18(23)14-20(4,5)17-11-16(12-17)13-21(6,7)22-9-8-10-22/h16-18H,8-15H2,1-7H3. The first-order valence-electron chi connectivity index (χ1n) is 10.0. The SMILES string of the molecule is CC(C)(CC1CN1C(C)(C)C)C1CC(CC(C)(C)N2CCC2)C1. The number of hydrogen-bond donors (Lipinski definition) is 0. The van der Waals surface area contributed by atoms with Crippen molar-refractivity contribution in [2.75, 3.05) is 19.6 Å². The Morgan fingerprint density at radius 3 is 1.91 bits per heavy atom. The van der Waals surface area contributed by atoms with Crippen LogP contribution < -0.4 is 0 Å². The molecule has 1 saturated carbocycles.